The van der Waals surface area contributed by atoms with Crippen LogP contribution in [0.2, 0.25) is 0 Å². The van der Waals surface area contributed by atoms with Crippen molar-refractivity contribution in [3.8, 4) is 5.88 Å². The van der Waals surface area contributed by atoms with Crippen molar-refractivity contribution in [3.63, 3.8) is 0 Å². The second-order valence-corrected chi connectivity index (χ2v) is 6.68. The summed E-state index contributed by atoms with van der Waals surface area (Å²) >= 11 is 0. The summed E-state index contributed by atoms with van der Waals surface area (Å²) in [5, 5.41) is 0.938. The number of piperidine rings is 1. The zero-order valence-corrected chi connectivity index (χ0v) is 14.9. The highest BCUT2D eigenvalue weighted by Crippen LogP contribution is 2.23. The molecule has 0 unspecified atom stereocenters. The van der Waals surface area contributed by atoms with E-state index >= 15 is 0 Å². The number of carbonyl (C=O) groups is 1. The molecule has 0 spiro atoms. The van der Waals surface area contributed by atoms with E-state index in [1.807, 2.05) is 44.2 Å². The number of nitrogens with zero attached hydrogens (tertiary/aromatic N) is 3. The van der Waals surface area contributed by atoms with Crippen molar-refractivity contribution in [1.29, 1.82) is 0 Å². The average Bonchev–Trinajstić information content (AvgIpc) is 3.04. The number of aromatic nitrogens is 2. The summed E-state index contributed by atoms with van der Waals surface area (Å²) in [7, 11) is 0. The first kappa shape index (κ1) is 16.6. The predicted octanol–water partition coefficient (Wildman–Crippen LogP) is 3.52. The van der Waals surface area contributed by atoms with E-state index in [4.69, 9.17) is 9.15 Å². The Morgan fingerprint density at radius 3 is 2.88 bits per heavy atom. The minimum atomic E-state index is -0.0930. The van der Waals surface area contributed by atoms with Crippen LogP contribution >= 0.6 is 0 Å². The third-order valence-corrected chi connectivity index (χ3v) is 4.53. The Morgan fingerprint density at radius 2 is 2.08 bits per heavy atom. The predicted molar refractivity (Wildman–Crippen MR) is 97.3 cm³/mol. The number of para-hydroxylation sites is 1. The van der Waals surface area contributed by atoms with Gasteiger partial charge >= 0.3 is 0 Å². The van der Waals surface area contributed by atoms with E-state index in [2.05, 4.69) is 9.97 Å². The summed E-state index contributed by atoms with van der Waals surface area (Å²) < 4.78 is 11.7. The van der Waals surface area contributed by atoms with Gasteiger partial charge in [-0.05, 0) is 38.8 Å². The number of benzene rings is 1. The topological polar surface area (TPSA) is 68.5 Å². The first-order valence-electron chi connectivity index (χ1n) is 8.85. The second kappa shape index (κ2) is 6.78. The molecule has 1 amide bonds. The molecule has 1 saturated heterocycles. The standard InChI is InChI=1S/C20H21N3O3/c1-13-10-19(22-14(2)21-13)25-16-7-5-9-23(12-16)20(24)18-11-15-6-3-4-8-17(15)26-18/h3-4,6,8,10-11,16H,5,7,9,12H2,1-2H3/t16-/m0/s1. The van der Waals surface area contributed by atoms with Crippen LogP contribution in [-0.2, 0) is 0 Å². The Kier molecular flexibility index (Phi) is 4.32. The molecule has 26 heavy (non-hydrogen) atoms. The third-order valence-electron chi connectivity index (χ3n) is 4.53. The van der Waals surface area contributed by atoms with Crippen molar-refractivity contribution in [1.82, 2.24) is 14.9 Å². The van der Waals surface area contributed by atoms with E-state index in [1.54, 1.807) is 11.0 Å². The molecule has 0 saturated carbocycles. The van der Waals surface area contributed by atoms with Crippen molar-refractivity contribution in [2.75, 3.05) is 13.1 Å². The van der Waals surface area contributed by atoms with Crippen LogP contribution in [0.3, 0.4) is 0 Å². The fraction of sp³-hybridized carbons (Fsp3) is 0.350. The Balaban J connectivity index is 1.48. The minimum absolute atomic E-state index is 0.0780. The molecular formula is C20H21N3O3. The van der Waals surface area contributed by atoms with E-state index in [-0.39, 0.29) is 12.0 Å². The van der Waals surface area contributed by atoms with Crippen molar-refractivity contribution >= 4 is 16.9 Å². The molecule has 134 valence electrons. The van der Waals surface area contributed by atoms with Gasteiger partial charge in [0.05, 0.1) is 6.54 Å². The maximum atomic E-state index is 12.8. The van der Waals surface area contributed by atoms with Gasteiger partial charge in [-0.1, -0.05) is 18.2 Å². The Morgan fingerprint density at radius 1 is 1.23 bits per heavy atom. The zero-order chi connectivity index (χ0) is 18.1. The molecule has 0 aliphatic carbocycles. The molecule has 1 aliphatic heterocycles. The number of ether oxygens (including phenoxy) is 1. The number of furan rings is 1. The Hall–Kier alpha value is -2.89. The van der Waals surface area contributed by atoms with Crippen LogP contribution in [0.4, 0.5) is 0 Å². The first-order valence-corrected chi connectivity index (χ1v) is 8.85. The number of carbonyl (C=O) groups excluding carboxylic acids is 1. The lowest BCUT2D eigenvalue weighted by Gasteiger charge is -2.32. The number of likely N-dealkylation sites (tertiary alicyclic amines) is 1. The van der Waals surface area contributed by atoms with Crippen molar-refractivity contribution < 1.29 is 13.9 Å². The monoisotopic (exact) mass is 351 g/mol. The Bertz CT molecular complexity index is 897. The van der Waals surface area contributed by atoms with Gasteiger partial charge in [0, 0.05) is 23.7 Å². The van der Waals surface area contributed by atoms with Crippen LogP contribution in [0.1, 0.15) is 34.9 Å². The van der Waals surface area contributed by atoms with Gasteiger partial charge in [-0.15, -0.1) is 0 Å². The van der Waals surface area contributed by atoms with Crippen LogP contribution in [-0.4, -0.2) is 40.0 Å². The number of hydrogen-bond donors (Lipinski definition) is 0. The number of fused-ring (bicyclic) bond motifs is 1. The number of amides is 1. The molecule has 0 radical (unpaired) electrons. The maximum absolute atomic E-state index is 12.8. The van der Waals surface area contributed by atoms with Crippen LogP contribution < -0.4 is 4.74 Å². The normalized spacial score (nSPS) is 17.5. The van der Waals surface area contributed by atoms with Gasteiger partial charge < -0.3 is 14.1 Å². The lowest BCUT2D eigenvalue weighted by atomic mass is 10.1. The van der Waals surface area contributed by atoms with Crippen molar-refractivity contribution in [3.05, 3.63) is 53.7 Å². The number of aryl methyl sites for hydroxylation is 2. The summed E-state index contributed by atoms with van der Waals surface area (Å²) in [6.07, 6.45) is 1.71. The second-order valence-electron chi connectivity index (χ2n) is 6.68. The smallest absolute Gasteiger partial charge is 0.289 e. The molecule has 6 nitrogen and oxygen atoms in total. The summed E-state index contributed by atoms with van der Waals surface area (Å²) in [5.41, 5.74) is 1.60. The molecule has 0 bridgehead atoms. The quantitative estimate of drug-likeness (QED) is 0.722. The summed E-state index contributed by atoms with van der Waals surface area (Å²) in [5.74, 6) is 1.54. The van der Waals surface area contributed by atoms with Gasteiger partial charge in [-0.25, -0.2) is 4.98 Å². The van der Waals surface area contributed by atoms with Crippen LogP contribution in [0, 0.1) is 13.8 Å². The summed E-state index contributed by atoms with van der Waals surface area (Å²) in [6.45, 7) is 4.99. The highest BCUT2D eigenvalue weighted by atomic mass is 16.5. The highest BCUT2D eigenvalue weighted by Gasteiger charge is 2.28. The van der Waals surface area contributed by atoms with Crippen LogP contribution in [0.25, 0.3) is 11.0 Å². The maximum Gasteiger partial charge on any atom is 0.289 e. The lowest BCUT2D eigenvalue weighted by Crippen LogP contribution is -2.44. The number of hydrogen-bond acceptors (Lipinski definition) is 5. The largest absolute Gasteiger partial charge is 0.472 e. The minimum Gasteiger partial charge on any atom is -0.472 e. The van der Waals surface area contributed by atoms with Crippen molar-refractivity contribution in [2.45, 2.75) is 32.8 Å². The van der Waals surface area contributed by atoms with Crippen LogP contribution in [0.5, 0.6) is 5.88 Å². The van der Waals surface area contributed by atoms with E-state index in [9.17, 15) is 4.79 Å². The first-order chi connectivity index (χ1) is 12.6. The molecule has 2 aromatic heterocycles. The van der Waals surface area contributed by atoms with E-state index < -0.39 is 0 Å². The molecule has 6 heteroatoms. The van der Waals surface area contributed by atoms with Gasteiger partial charge in [0.15, 0.2) is 5.76 Å². The molecular weight excluding hydrogens is 330 g/mol. The summed E-state index contributed by atoms with van der Waals surface area (Å²) in [4.78, 5) is 23.2. The molecule has 0 N–H and O–H groups in total. The molecule has 3 heterocycles. The fourth-order valence-corrected chi connectivity index (χ4v) is 3.38. The van der Waals surface area contributed by atoms with Gasteiger partial charge in [0.2, 0.25) is 5.88 Å². The third kappa shape index (κ3) is 3.40. The molecule has 1 aliphatic rings. The fourth-order valence-electron chi connectivity index (χ4n) is 3.38. The van der Waals surface area contributed by atoms with Crippen LogP contribution in [0.15, 0.2) is 40.8 Å². The molecule has 1 fully saturated rings. The molecule has 1 atom stereocenters. The van der Waals surface area contributed by atoms with Gasteiger partial charge in [0.1, 0.15) is 17.5 Å². The summed E-state index contributed by atoms with van der Waals surface area (Å²) in [6, 6.07) is 11.3. The van der Waals surface area contributed by atoms with Gasteiger partial charge in [-0.3, -0.25) is 4.79 Å². The highest BCUT2D eigenvalue weighted by molar-refractivity contribution is 5.96. The van der Waals surface area contributed by atoms with E-state index in [0.29, 0.717) is 30.6 Å². The lowest BCUT2D eigenvalue weighted by molar-refractivity contribution is 0.0501. The molecule has 1 aromatic carbocycles. The number of rotatable bonds is 3. The zero-order valence-electron chi connectivity index (χ0n) is 14.9. The molecule has 4 rings (SSSR count). The van der Waals surface area contributed by atoms with Crippen molar-refractivity contribution in [2.24, 2.45) is 0 Å². The SMILES string of the molecule is Cc1cc(O[C@H]2CCCN(C(=O)c3cc4ccccc4o3)C2)nc(C)n1. The molecule has 3 aromatic rings. The average molecular weight is 351 g/mol. The van der Waals surface area contributed by atoms with Gasteiger partial charge in [0.25, 0.3) is 5.91 Å². The van der Waals surface area contributed by atoms with Gasteiger partial charge in [-0.2, -0.15) is 4.98 Å². The van der Waals surface area contributed by atoms with E-state index in [1.165, 1.54) is 0 Å². The van der Waals surface area contributed by atoms with E-state index in [0.717, 1.165) is 29.5 Å². The Labute approximate surface area is 151 Å².